The summed E-state index contributed by atoms with van der Waals surface area (Å²) in [6.45, 7) is 8.84. The maximum absolute atomic E-state index is 5.98. The lowest BCUT2D eigenvalue weighted by Gasteiger charge is -2.34. The SMILES string of the molecule is CCC(CC)(CC)n1c(CCCl)nc2c(C)ccnc21. The van der Waals surface area contributed by atoms with Gasteiger partial charge in [0, 0.05) is 24.0 Å². The molecular formula is C16H24ClN3. The zero-order chi connectivity index (χ0) is 14.8. The molecule has 0 aromatic carbocycles. The molecule has 0 saturated carbocycles. The van der Waals surface area contributed by atoms with Gasteiger partial charge in [-0.25, -0.2) is 9.97 Å². The second-order valence-electron chi connectivity index (χ2n) is 5.39. The van der Waals surface area contributed by atoms with Crippen molar-refractivity contribution in [2.45, 2.75) is 58.9 Å². The van der Waals surface area contributed by atoms with Crippen molar-refractivity contribution in [3.63, 3.8) is 0 Å². The standard InChI is InChI=1S/C16H24ClN3/c1-5-16(6-2,7-3)20-13(8-10-17)19-14-12(4)9-11-18-15(14)20/h9,11H,5-8,10H2,1-4H3. The van der Waals surface area contributed by atoms with Crippen LogP contribution in [-0.2, 0) is 12.0 Å². The summed E-state index contributed by atoms with van der Waals surface area (Å²) < 4.78 is 2.36. The van der Waals surface area contributed by atoms with Crippen LogP contribution < -0.4 is 0 Å². The molecule has 0 unspecified atom stereocenters. The number of imidazole rings is 1. The molecule has 0 bridgehead atoms. The van der Waals surface area contributed by atoms with E-state index in [1.807, 2.05) is 12.3 Å². The molecule has 2 aromatic rings. The largest absolute Gasteiger partial charge is 0.306 e. The number of nitrogens with zero attached hydrogens (tertiary/aromatic N) is 3. The molecule has 2 aromatic heterocycles. The molecule has 0 radical (unpaired) electrons. The minimum Gasteiger partial charge on any atom is -0.306 e. The molecule has 4 heteroatoms. The zero-order valence-electron chi connectivity index (χ0n) is 12.9. The third kappa shape index (κ3) is 2.32. The van der Waals surface area contributed by atoms with E-state index in [1.54, 1.807) is 0 Å². The first kappa shape index (κ1) is 15.3. The van der Waals surface area contributed by atoms with E-state index in [4.69, 9.17) is 16.6 Å². The van der Waals surface area contributed by atoms with Crippen LogP contribution in [0.3, 0.4) is 0 Å². The highest BCUT2D eigenvalue weighted by atomic mass is 35.5. The molecule has 2 heterocycles. The van der Waals surface area contributed by atoms with E-state index >= 15 is 0 Å². The highest BCUT2D eigenvalue weighted by Crippen LogP contribution is 2.34. The van der Waals surface area contributed by atoms with Crippen LogP contribution in [0, 0.1) is 6.92 Å². The van der Waals surface area contributed by atoms with Crippen LogP contribution in [0.5, 0.6) is 0 Å². The summed E-state index contributed by atoms with van der Waals surface area (Å²) >= 11 is 5.98. The van der Waals surface area contributed by atoms with Gasteiger partial charge in [-0.05, 0) is 37.8 Å². The number of aromatic nitrogens is 3. The third-order valence-electron chi connectivity index (χ3n) is 4.58. The van der Waals surface area contributed by atoms with Crippen LogP contribution in [0.1, 0.15) is 51.4 Å². The van der Waals surface area contributed by atoms with E-state index in [9.17, 15) is 0 Å². The summed E-state index contributed by atoms with van der Waals surface area (Å²) in [4.78, 5) is 9.44. The van der Waals surface area contributed by atoms with Crippen molar-refractivity contribution < 1.29 is 0 Å². The lowest BCUT2D eigenvalue weighted by molar-refractivity contribution is 0.250. The van der Waals surface area contributed by atoms with Crippen LogP contribution in [0.4, 0.5) is 0 Å². The van der Waals surface area contributed by atoms with Gasteiger partial charge in [0.15, 0.2) is 5.65 Å². The van der Waals surface area contributed by atoms with Gasteiger partial charge >= 0.3 is 0 Å². The first-order chi connectivity index (χ1) is 9.63. The third-order valence-corrected chi connectivity index (χ3v) is 4.77. The molecule has 0 aliphatic carbocycles. The Morgan fingerprint density at radius 3 is 2.40 bits per heavy atom. The van der Waals surface area contributed by atoms with Crippen molar-refractivity contribution >= 4 is 22.8 Å². The minimum absolute atomic E-state index is 0.0942. The lowest BCUT2D eigenvalue weighted by Crippen LogP contribution is -2.33. The Hall–Kier alpha value is -1.09. The van der Waals surface area contributed by atoms with Crippen molar-refractivity contribution in [2.75, 3.05) is 5.88 Å². The predicted molar refractivity (Wildman–Crippen MR) is 85.5 cm³/mol. The van der Waals surface area contributed by atoms with Gasteiger partial charge in [0.25, 0.3) is 0 Å². The second-order valence-corrected chi connectivity index (χ2v) is 5.77. The van der Waals surface area contributed by atoms with Gasteiger partial charge in [0.2, 0.25) is 0 Å². The van der Waals surface area contributed by atoms with Gasteiger partial charge in [0.1, 0.15) is 11.3 Å². The van der Waals surface area contributed by atoms with Gasteiger partial charge in [-0.15, -0.1) is 11.6 Å². The van der Waals surface area contributed by atoms with Gasteiger partial charge < -0.3 is 4.57 Å². The van der Waals surface area contributed by atoms with Crippen molar-refractivity contribution in [1.82, 2.24) is 14.5 Å². The van der Waals surface area contributed by atoms with E-state index < -0.39 is 0 Å². The van der Waals surface area contributed by atoms with Crippen LogP contribution >= 0.6 is 11.6 Å². The molecule has 0 spiro atoms. The topological polar surface area (TPSA) is 30.7 Å². The number of aryl methyl sites for hydroxylation is 2. The van der Waals surface area contributed by atoms with Gasteiger partial charge in [0.05, 0.1) is 0 Å². The second kappa shape index (κ2) is 6.13. The molecule has 0 amide bonds. The first-order valence-corrected chi connectivity index (χ1v) is 8.06. The smallest absolute Gasteiger partial charge is 0.160 e. The fourth-order valence-electron chi connectivity index (χ4n) is 3.11. The van der Waals surface area contributed by atoms with E-state index in [0.717, 1.165) is 42.7 Å². The lowest BCUT2D eigenvalue weighted by atomic mass is 9.89. The number of rotatable bonds is 6. The number of hydrogen-bond donors (Lipinski definition) is 0. The molecule has 0 aliphatic rings. The summed E-state index contributed by atoms with van der Waals surface area (Å²) in [6, 6.07) is 2.02. The molecule has 0 aliphatic heterocycles. The average Bonchev–Trinajstić information content (AvgIpc) is 2.83. The fraction of sp³-hybridized carbons (Fsp3) is 0.625. The minimum atomic E-state index is 0.0942. The zero-order valence-corrected chi connectivity index (χ0v) is 13.7. The molecule has 2 rings (SSSR count). The average molecular weight is 294 g/mol. The summed E-state index contributed by atoms with van der Waals surface area (Å²) in [5, 5.41) is 0. The van der Waals surface area contributed by atoms with Gasteiger partial charge in [-0.2, -0.15) is 0 Å². The molecular weight excluding hydrogens is 270 g/mol. The molecule has 0 atom stereocenters. The summed E-state index contributed by atoms with van der Waals surface area (Å²) in [6.07, 6.45) is 5.91. The number of fused-ring (bicyclic) bond motifs is 1. The van der Waals surface area contributed by atoms with Crippen LogP contribution in [0.25, 0.3) is 11.2 Å². The molecule has 20 heavy (non-hydrogen) atoms. The van der Waals surface area contributed by atoms with Crippen molar-refractivity contribution in [2.24, 2.45) is 0 Å². The maximum Gasteiger partial charge on any atom is 0.160 e. The van der Waals surface area contributed by atoms with Crippen LogP contribution in [0.15, 0.2) is 12.3 Å². The van der Waals surface area contributed by atoms with Gasteiger partial charge in [-0.1, -0.05) is 20.8 Å². The Morgan fingerprint density at radius 2 is 1.85 bits per heavy atom. The molecule has 0 saturated heterocycles. The van der Waals surface area contributed by atoms with Gasteiger partial charge in [-0.3, -0.25) is 0 Å². The Kier molecular flexibility index (Phi) is 4.69. The maximum atomic E-state index is 5.98. The van der Waals surface area contributed by atoms with E-state index in [-0.39, 0.29) is 5.54 Å². The molecule has 0 N–H and O–H groups in total. The monoisotopic (exact) mass is 293 g/mol. The van der Waals surface area contributed by atoms with E-state index in [0.29, 0.717) is 5.88 Å². The van der Waals surface area contributed by atoms with Crippen molar-refractivity contribution in [3.8, 4) is 0 Å². The number of pyridine rings is 1. The Bertz CT molecular complexity index is 576. The number of alkyl halides is 1. The predicted octanol–water partition coefficient (Wildman–Crippen LogP) is 4.45. The molecule has 3 nitrogen and oxygen atoms in total. The molecule has 110 valence electrons. The quantitative estimate of drug-likeness (QED) is 0.737. The summed E-state index contributed by atoms with van der Waals surface area (Å²) in [5.41, 5.74) is 3.31. The Balaban J connectivity index is 2.77. The van der Waals surface area contributed by atoms with E-state index in [1.165, 1.54) is 5.56 Å². The van der Waals surface area contributed by atoms with Crippen LogP contribution in [0.2, 0.25) is 0 Å². The first-order valence-electron chi connectivity index (χ1n) is 7.52. The number of halogens is 1. The summed E-state index contributed by atoms with van der Waals surface area (Å²) in [5.74, 6) is 1.66. The highest BCUT2D eigenvalue weighted by molar-refractivity contribution is 6.17. The Labute approximate surface area is 126 Å². The van der Waals surface area contributed by atoms with Crippen molar-refractivity contribution in [3.05, 3.63) is 23.7 Å². The van der Waals surface area contributed by atoms with Crippen molar-refractivity contribution in [1.29, 1.82) is 0 Å². The normalized spacial score (nSPS) is 12.2. The van der Waals surface area contributed by atoms with Crippen LogP contribution in [-0.4, -0.2) is 20.4 Å². The molecule has 0 fully saturated rings. The fourth-order valence-corrected chi connectivity index (χ4v) is 3.28. The van der Waals surface area contributed by atoms with E-state index in [2.05, 4.69) is 37.2 Å². The summed E-state index contributed by atoms with van der Waals surface area (Å²) in [7, 11) is 0. The highest BCUT2D eigenvalue weighted by Gasteiger charge is 2.31. The Morgan fingerprint density at radius 1 is 1.20 bits per heavy atom. The number of hydrogen-bond acceptors (Lipinski definition) is 2.